The van der Waals surface area contributed by atoms with Crippen molar-refractivity contribution in [3.63, 3.8) is 0 Å². The van der Waals surface area contributed by atoms with Gasteiger partial charge in [0.15, 0.2) is 0 Å². The Labute approximate surface area is 185 Å². The van der Waals surface area contributed by atoms with Crippen LogP contribution in [0.25, 0.3) is 10.1 Å². The number of carbonyl (C=O) groups is 1. The molecule has 0 saturated carbocycles. The molecule has 2 aromatic carbocycles. The van der Waals surface area contributed by atoms with Crippen LogP contribution < -0.4 is 10.2 Å². The number of hydrogen-bond donors (Lipinski definition) is 1. The zero-order chi connectivity index (χ0) is 20.7. The van der Waals surface area contributed by atoms with Gasteiger partial charge in [0.2, 0.25) is 5.91 Å². The fourth-order valence-corrected chi connectivity index (χ4v) is 5.55. The molecule has 0 bridgehead atoms. The summed E-state index contributed by atoms with van der Waals surface area (Å²) in [6, 6.07) is 12.5. The molecular formula is C23H25ClN4OS. The van der Waals surface area contributed by atoms with E-state index in [2.05, 4.69) is 46.3 Å². The van der Waals surface area contributed by atoms with Crippen molar-refractivity contribution in [3.8, 4) is 0 Å². The molecule has 5 nitrogen and oxygen atoms in total. The first-order chi connectivity index (χ1) is 14.6. The number of benzene rings is 2. The Morgan fingerprint density at radius 2 is 2.00 bits per heavy atom. The van der Waals surface area contributed by atoms with Crippen molar-refractivity contribution in [2.75, 3.05) is 42.9 Å². The predicted molar refractivity (Wildman–Crippen MR) is 125 cm³/mol. The summed E-state index contributed by atoms with van der Waals surface area (Å²) >= 11 is 7.64. The highest BCUT2D eigenvalue weighted by molar-refractivity contribution is 7.13. The fraction of sp³-hybridized carbons (Fsp3) is 0.391. The maximum absolute atomic E-state index is 11.7. The van der Waals surface area contributed by atoms with Crippen LogP contribution >= 0.6 is 23.1 Å². The second-order valence-electron chi connectivity index (χ2n) is 8.30. The lowest BCUT2D eigenvalue weighted by Gasteiger charge is -2.35. The summed E-state index contributed by atoms with van der Waals surface area (Å²) in [7, 11) is 0. The molecule has 1 atom stereocenters. The number of fused-ring (bicyclic) bond motifs is 2. The van der Waals surface area contributed by atoms with Crippen LogP contribution in [0.4, 0.5) is 11.5 Å². The molecular weight excluding hydrogens is 416 g/mol. The molecule has 2 aliphatic rings. The number of aromatic nitrogens is 1. The summed E-state index contributed by atoms with van der Waals surface area (Å²) in [6.45, 7) is 7.27. The lowest BCUT2D eigenvalue weighted by molar-refractivity contribution is -0.116. The van der Waals surface area contributed by atoms with Crippen molar-refractivity contribution < 1.29 is 4.79 Å². The Balaban J connectivity index is 1.19. The maximum atomic E-state index is 11.7. The van der Waals surface area contributed by atoms with Crippen LogP contribution in [-0.2, 0) is 11.2 Å². The van der Waals surface area contributed by atoms with E-state index in [1.54, 1.807) is 0 Å². The third-order valence-electron chi connectivity index (χ3n) is 6.22. The largest absolute Gasteiger partial charge is 0.353 e. The predicted octanol–water partition coefficient (Wildman–Crippen LogP) is 4.76. The minimum absolute atomic E-state index is 0.122. The van der Waals surface area contributed by atoms with Crippen LogP contribution in [0.1, 0.15) is 30.4 Å². The van der Waals surface area contributed by atoms with Crippen molar-refractivity contribution in [2.24, 2.45) is 0 Å². The number of nitrogens with zero attached hydrogens (tertiary/aromatic N) is 3. The second kappa shape index (κ2) is 8.17. The number of rotatable bonds is 4. The average molecular weight is 441 g/mol. The van der Waals surface area contributed by atoms with E-state index in [4.69, 9.17) is 16.0 Å². The lowest BCUT2D eigenvalue weighted by atomic mass is 9.90. The minimum Gasteiger partial charge on any atom is -0.353 e. The highest BCUT2D eigenvalue weighted by atomic mass is 35.5. The van der Waals surface area contributed by atoms with Crippen molar-refractivity contribution in [2.45, 2.75) is 25.7 Å². The highest BCUT2D eigenvalue weighted by Gasteiger charge is 2.23. The molecule has 1 aromatic heterocycles. The van der Waals surface area contributed by atoms with E-state index in [1.165, 1.54) is 28.0 Å². The summed E-state index contributed by atoms with van der Waals surface area (Å²) in [5.74, 6) is 1.51. The van der Waals surface area contributed by atoms with E-state index in [9.17, 15) is 4.79 Å². The second-order valence-corrected chi connectivity index (χ2v) is 9.54. The first kappa shape index (κ1) is 19.8. The number of amides is 1. The SMILES string of the molecule is CC1CC(=O)Nc2ccc(CCN3CCN(c4nsc5cc(Cl)ccc45)CC3)cc21. The molecule has 3 heterocycles. The Kier molecular flexibility index (Phi) is 5.39. The quantitative estimate of drug-likeness (QED) is 0.635. The molecule has 156 valence electrons. The highest BCUT2D eigenvalue weighted by Crippen LogP contribution is 2.33. The van der Waals surface area contributed by atoms with Gasteiger partial charge in [-0.15, -0.1) is 0 Å². The lowest BCUT2D eigenvalue weighted by Crippen LogP contribution is -2.47. The zero-order valence-electron chi connectivity index (χ0n) is 17.0. The molecule has 7 heteroatoms. The van der Waals surface area contributed by atoms with Gasteiger partial charge in [0.05, 0.1) is 4.70 Å². The van der Waals surface area contributed by atoms with Gasteiger partial charge in [-0.2, -0.15) is 4.37 Å². The molecule has 1 N–H and O–H groups in total. The van der Waals surface area contributed by atoms with Crippen molar-refractivity contribution in [1.29, 1.82) is 0 Å². The Bertz CT molecular complexity index is 1090. The molecule has 1 saturated heterocycles. The van der Waals surface area contributed by atoms with Crippen LogP contribution in [0.15, 0.2) is 36.4 Å². The summed E-state index contributed by atoms with van der Waals surface area (Å²) in [4.78, 5) is 16.7. The molecule has 5 rings (SSSR count). The number of nitrogens with one attached hydrogen (secondary N) is 1. The van der Waals surface area contributed by atoms with E-state index in [0.29, 0.717) is 12.3 Å². The van der Waals surface area contributed by atoms with Crippen molar-refractivity contribution in [1.82, 2.24) is 9.27 Å². The summed E-state index contributed by atoms with van der Waals surface area (Å²) < 4.78 is 5.84. The van der Waals surface area contributed by atoms with Crippen molar-refractivity contribution in [3.05, 3.63) is 52.5 Å². The van der Waals surface area contributed by atoms with Crippen molar-refractivity contribution >= 4 is 50.6 Å². The molecule has 1 fully saturated rings. The fourth-order valence-electron chi connectivity index (χ4n) is 4.48. The van der Waals surface area contributed by atoms with Gasteiger partial charge in [-0.05, 0) is 59.3 Å². The van der Waals surface area contributed by atoms with Crippen LogP contribution in [0.3, 0.4) is 0 Å². The number of carbonyl (C=O) groups excluding carboxylic acids is 1. The number of piperazine rings is 1. The van der Waals surface area contributed by atoms with E-state index < -0.39 is 0 Å². The Morgan fingerprint density at radius 1 is 1.17 bits per heavy atom. The molecule has 2 aliphatic heterocycles. The zero-order valence-corrected chi connectivity index (χ0v) is 18.6. The minimum atomic E-state index is 0.122. The number of halogens is 1. The molecule has 0 spiro atoms. The summed E-state index contributed by atoms with van der Waals surface area (Å²) in [5.41, 5.74) is 3.60. The summed E-state index contributed by atoms with van der Waals surface area (Å²) in [6.07, 6.45) is 1.61. The normalized spacial score (nSPS) is 19.7. The van der Waals surface area contributed by atoms with Crippen LogP contribution in [0.2, 0.25) is 5.02 Å². The molecule has 1 unspecified atom stereocenters. The maximum Gasteiger partial charge on any atom is 0.224 e. The molecule has 3 aromatic rings. The first-order valence-electron chi connectivity index (χ1n) is 10.5. The third-order valence-corrected chi connectivity index (χ3v) is 7.25. The van der Waals surface area contributed by atoms with Gasteiger partial charge in [-0.3, -0.25) is 9.69 Å². The van der Waals surface area contributed by atoms with Gasteiger partial charge in [0, 0.05) is 55.2 Å². The van der Waals surface area contributed by atoms with E-state index >= 15 is 0 Å². The van der Waals surface area contributed by atoms with Gasteiger partial charge in [-0.25, -0.2) is 0 Å². The van der Waals surface area contributed by atoms with Gasteiger partial charge in [-0.1, -0.05) is 30.7 Å². The van der Waals surface area contributed by atoms with E-state index in [1.807, 2.05) is 12.1 Å². The monoisotopic (exact) mass is 440 g/mol. The average Bonchev–Trinajstić information content (AvgIpc) is 3.15. The van der Waals surface area contributed by atoms with Crippen LogP contribution in [-0.4, -0.2) is 47.9 Å². The number of hydrogen-bond acceptors (Lipinski definition) is 5. The van der Waals surface area contributed by atoms with Crippen LogP contribution in [0, 0.1) is 0 Å². The van der Waals surface area contributed by atoms with Gasteiger partial charge in [0.1, 0.15) is 5.82 Å². The third kappa shape index (κ3) is 3.92. The van der Waals surface area contributed by atoms with E-state index in [-0.39, 0.29) is 5.91 Å². The standard InChI is InChI=1S/C23H25ClN4OS/c1-15-12-22(29)25-20-5-2-16(13-19(15)20)6-7-27-8-10-28(11-9-27)23-18-4-3-17(24)14-21(18)30-26-23/h2-5,13-15H,6-12H2,1H3,(H,25,29). The van der Waals surface area contributed by atoms with Gasteiger partial charge in [0.25, 0.3) is 0 Å². The number of anilines is 2. The first-order valence-corrected chi connectivity index (χ1v) is 11.7. The summed E-state index contributed by atoms with van der Waals surface area (Å²) in [5, 5.41) is 4.96. The Morgan fingerprint density at radius 3 is 2.83 bits per heavy atom. The molecule has 0 radical (unpaired) electrons. The van der Waals surface area contributed by atoms with Gasteiger partial charge < -0.3 is 10.2 Å². The Hall–Kier alpha value is -2.15. The van der Waals surface area contributed by atoms with Gasteiger partial charge >= 0.3 is 0 Å². The van der Waals surface area contributed by atoms with E-state index in [0.717, 1.165) is 60.4 Å². The molecule has 0 aliphatic carbocycles. The smallest absolute Gasteiger partial charge is 0.224 e. The molecule has 1 amide bonds. The van der Waals surface area contributed by atoms with Crippen LogP contribution in [0.5, 0.6) is 0 Å². The topological polar surface area (TPSA) is 48.5 Å². The molecule has 30 heavy (non-hydrogen) atoms.